The van der Waals surface area contributed by atoms with Gasteiger partial charge in [0.25, 0.3) is 0 Å². The third-order valence-electron chi connectivity index (χ3n) is 10.8. The van der Waals surface area contributed by atoms with Gasteiger partial charge in [-0.2, -0.15) is 0 Å². The molecule has 244 valence electrons. The summed E-state index contributed by atoms with van der Waals surface area (Å²) in [5.74, 6) is 0.594. The molecule has 2 saturated heterocycles. The third-order valence-corrected chi connectivity index (χ3v) is 15.3. The molecule has 4 heterocycles. The van der Waals surface area contributed by atoms with E-state index in [2.05, 4.69) is 72.2 Å². The number of piperidine rings is 1. The van der Waals surface area contributed by atoms with Crippen LogP contribution in [0.4, 0.5) is 4.39 Å². The SMILES string of the molecule is COc1cccc(F)c1CN1CCC(O[Si](C)(C)C(C)(C)C)C(NC(=O)C2CCC3NNC(c4ccc5nccn5c4)C3C2)C1. The number of fused-ring (bicyclic) bond motifs is 2. The van der Waals surface area contributed by atoms with Crippen LogP contribution in [0.3, 0.4) is 0 Å². The molecular weight excluding hydrogens is 587 g/mol. The maximum Gasteiger partial charge on any atom is 0.223 e. The number of pyridine rings is 1. The minimum Gasteiger partial charge on any atom is -0.496 e. The van der Waals surface area contributed by atoms with Crippen LogP contribution < -0.4 is 20.9 Å². The van der Waals surface area contributed by atoms with Crippen molar-refractivity contribution in [2.75, 3.05) is 20.2 Å². The number of imidazole rings is 1. The number of amides is 1. The van der Waals surface area contributed by atoms with Gasteiger partial charge in [-0.05, 0) is 73.5 Å². The highest BCUT2D eigenvalue weighted by molar-refractivity contribution is 6.74. The van der Waals surface area contributed by atoms with Crippen LogP contribution in [0.25, 0.3) is 5.65 Å². The first-order chi connectivity index (χ1) is 21.4. The van der Waals surface area contributed by atoms with Gasteiger partial charge in [-0.1, -0.05) is 32.9 Å². The van der Waals surface area contributed by atoms with Gasteiger partial charge in [0.15, 0.2) is 8.32 Å². The first-order valence-corrected chi connectivity index (χ1v) is 19.3. The van der Waals surface area contributed by atoms with Crippen LogP contribution in [0.2, 0.25) is 18.1 Å². The Hall–Kier alpha value is -2.83. The molecule has 45 heavy (non-hydrogen) atoms. The second-order valence-corrected chi connectivity index (χ2v) is 19.4. The largest absolute Gasteiger partial charge is 0.496 e. The van der Waals surface area contributed by atoms with E-state index in [-0.39, 0.29) is 40.9 Å². The quantitative estimate of drug-likeness (QED) is 0.293. The number of hydrazine groups is 1. The van der Waals surface area contributed by atoms with E-state index in [1.54, 1.807) is 19.2 Å². The second-order valence-electron chi connectivity index (χ2n) is 14.7. The Kier molecular flexibility index (Phi) is 9.10. The number of carbonyl (C=O) groups is 1. The number of halogens is 1. The van der Waals surface area contributed by atoms with Gasteiger partial charge in [-0.25, -0.2) is 14.8 Å². The molecule has 1 aromatic carbocycles. The van der Waals surface area contributed by atoms with Crippen molar-refractivity contribution in [3.8, 4) is 5.75 Å². The fourth-order valence-electron chi connectivity index (χ4n) is 7.13. The molecule has 0 spiro atoms. The Labute approximate surface area is 267 Å². The van der Waals surface area contributed by atoms with Crippen LogP contribution in [0, 0.1) is 17.7 Å². The molecule has 1 saturated carbocycles. The van der Waals surface area contributed by atoms with Crippen molar-refractivity contribution < 1.29 is 18.3 Å². The monoisotopic (exact) mass is 636 g/mol. The van der Waals surface area contributed by atoms with E-state index in [1.807, 2.05) is 22.9 Å². The number of hydrogen-bond acceptors (Lipinski definition) is 7. The number of benzene rings is 1. The smallest absolute Gasteiger partial charge is 0.223 e. The summed E-state index contributed by atoms with van der Waals surface area (Å²) in [6.07, 6.45) is 9.18. The second kappa shape index (κ2) is 12.8. The number of hydrogen-bond donors (Lipinski definition) is 3. The van der Waals surface area contributed by atoms with E-state index in [4.69, 9.17) is 9.16 Å². The number of rotatable bonds is 8. The molecule has 3 fully saturated rings. The third kappa shape index (κ3) is 6.69. The maximum atomic E-state index is 14.9. The van der Waals surface area contributed by atoms with Crippen LogP contribution in [0.1, 0.15) is 63.6 Å². The number of carbonyl (C=O) groups excluding carboxylic acids is 1. The molecule has 6 atom stereocenters. The molecule has 3 aliphatic rings. The molecule has 2 aromatic heterocycles. The lowest BCUT2D eigenvalue weighted by Crippen LogP contribution is -2.60. The first kappa shape index (κ1) is 32.1. The summed E-state index contributed by atoms with van der Waals surface area (Å²) in [6.45, 7) is 13.0. The Morgan fingerprint density at radius 2 is 1.98 bits per heavy atom. The molecule has 1 aliphatic carbocycles. The topological polar surface area (TPSA) is 92.2 Å². The normalized spacial score (nSPS) is 27.8. The van der Waals surface area contributed by atoms with Gasteiger partial charge in [0.1, 0.15) is 17.2 Å². The van der Waals surface area contributed by atoms with Crippen LogP contribution in [0.5, 0.6) is 5.75 Å². The fraction of sp³-hybridized carbons (Fsp3) is 0.588. The molecular formula is C34H49FN6O3Si. The van der Waals surface area contributed by atoms with E-state index in [0.29, 0.717) is 36.4 Å². The zero-order valence-corrected chi connectivity index (χ0v) is 28.5. The molecule has 0 bridgehead atoms. The molecule has 1 amide bonds. The van der Waals surface area contributed by atoms with Gasteiger partial charge in [0, 0.05) is 55.7 Å². The van der Waals surface area contributed by atoms with Gasteiger partial charge >= 0.3 is 0 Å². The minimum atomic E-state index is -2.10. The van der Waals surface area contributed by atoms with Crippen LogP contribution >= 0.6 is 0 Å². The molecule has 11 heteroatoms. The summed E-state index contributed by atoms with van der Waals surface area (Å²) in [5.41, 5.74) is 9.70. The predicted octanol–water partition coefficient (Wildman–Crippen LogP) is 5.20. The van der Waals surface area contributed by atoms with Crippen molar-refractivity contribution in [1.29, 1.82) is 0 Å². The highest BCUT2D eigenvalue weighted by Crippen LogP contribution is 2.41. The average Bonchev–Trinajstić information content (AvgIpc) is 3.65. The van der Waals surface area contributed by atoms with E-state index in [0.717, 1.165) is 37.9 Å². The van der Waals surface area contributed by atoms with Gasteiger partial charge in [0.05, 0.1) is 25.3 Å². The molecule has 2 aliphatic heterocycles. The van der Waals surface area contributed by atoms with Crippen molar-refractivity contribution in [3.05, 3.63) is 65.9 Å². The van der Waals surface area contributed by atoms with E-state index in [9.17, 15) is 9.18 Å². The maximum absolute atomic E-state index is 14.9. The van der Waals surface area contributed by atoms with E-state index in [1.165, 1.54) is 11.6 Å². The summed E-state index contributed by atoms with van der Waals surface area (Å²) in [6, 6.07) is 9.40. The molecule has 0 radical (unpaired) electrons. The first-order valence-electron chi connectivity index (χ1n) is 16.4. The number of likely N-dealkylation sites (tertiary alicyclic amines) is 1. The predicted molar refractivity (Wildman–Crippen MR) is 176 cm³/mol. The number of nitrogens with one attached hydrogen (secondary N) is 3. The Morgan fingerprint density at radius 3 is 2.76 bits per heavy atom. The fourth-order valence-corrected chi connectivity index (χ4v) is 8.52. The summed E-state index contributed by atoms with van der Waals surface area (Å²) in [5, 5.41) is 3.52. The average molecular weight is 637 g/mol. The number of methoxy groups -OCH3 is 1. The van der Waals surface area contributed by atoms with Crippen molar-refractivity contribution >= 4 is 19.9 Å². The number of aromatic nitrogens is 2. The Bertz CT molecular complexity index is 1510. The van der Waals surface area contributed by atoms with Crippen molar-refractivity contribution in [2.45, 2.75) is 95.4 Å². The highest BCUT2D eigenvalue weighted by Gasteiger charge is 2.45. The molecule has 9 nitrogen and oxygen atoms in total. The number of nitrogens with zero attached hydrogens (tertiary/aromatic N) is 3. The summed E-state index contributed by atoms with van der Waals surface area (Å²) >= 11 is 0. The van der Waals surface area contributed by atoms with Gasteiger partial charge in [-0.15, -0.1) is 0 Å². The Morgan fingerprint density at radius 1 is 1.16 bits per heavy atom. The lowest BCUT2D eigenvalue weighted by molar-refractivity contribution is -0.128. The summed E-state index contributed by atoms with van der Waals surface area (Å²) in [7, 11) is -0.521. The van der Waals surface area contributed by atoms with Crippen LogP contribution in [-0.4, -0.2) is 66.9 Å². The standard InChI is InChI=1S/C34H49FN6O3Si/c1-34(2,3)45(5,6)44-30-14-16-40(20-25-26(35)8-7-9-29(25)43-4)21-28(30)37-33(42)22-10-12-27-24(18-22)32(39-38-27)23-11-13-31-36-15-17-41(31)19-23/h7-9,11,13,15,17,19,22,24,27-28,30,32,38-39H,10,12,14,16,18,20-21H2,1-6H3,(H,37,42). The van der Waals surface area contributed by atoms with Crippen molar-refractivity contribution in [2.24, 2.45) is 11.8 Å². The van der Waals surface area contributed by atoms with E-state index < -0.39 is 8.32 Å². The highest BCUT2D eigenvalue weighted by atomic mass is 28.4. The summed E-state index contributed by atoms with van der Waals surface area (Å²) < 4.78 is 29.4. The van der Waals surface area contributed by atoms with E-state index >= 15 is 0 Å². The number of ether oxygens (including phenoxy) is 1. The molecule has 6 unspecified atom stereocenters. The minimum absolute atomic E-state index is 0.0504. The van der Waals surface area contributed by atoms with Gasteiger partial charge in [-0.3, -0.25) is 15.1 Å². The van der Waals surface area contributed by atoms with Crippen molar-refractivity contribution in [1.82, 2.24) is 30.5 Å². The zero-order valence-electron chi connectivity index (χ0n) is 27.5. The molecule has 6 rings (SSSR count). The van der Waals surface area contributed by atoms with Gasteiger partial charge in [0.2, 0.25) is 5.91 Å². The zero-order chi connectivity index (χ0) is 31.9. The molecule has 3 aromatic rings. The summed E-state index contributed by atoms with van der Waals surface area (Å²) in [4.78, 5) is 20.7. The Balaban J connectivity index is 1.18. The van der Waals surface area contributed by atoms with Crippen LogP contribution in [0.15, 0.2) is 48.9 Å². The lowest BCUT2D eigenvalue weighted by atomic mass is 9.74. The van der Waals surface area contributed by atoms with Gasteiger partial charge < -0.3 is 18.9 Å². The molecule has 3 N–H and O–H groups in total. The van der Waals surface area contributed by atoms with Crippen LogP contribution in [-0.2, 0) is 15.8 Å². The lowest BCUT2D eigenvalue weighted by Gasteiger charge is -2.46. The van der Waals surface area contributed by atoms with Crippen molar-refractivity contribution in [3.63, 3.8) is 0 Å².